The summed E-state index contributed by atoms with van der Waals surface area (Å²) in [6, 6.07) is 18.8. The fourth-order valence-electron chi connectivity index (χ4n) is 3.26. The van der Waals surface area contributed by atoms with Crippen LogP contribution in [-0.4, -0.2) is 21.4 Å². The van der Waals surface area contributed by atoms with Crippen LogP contribution in [0.5, 0.6) is 0 Å². The van der Waals surface area contributed by atoms with Crippen LogP contribution in [0.15, 0.2) is 60.7 Å². The van der Waals surface area contributed by atoms with Crippen molar-refractivity contribution in [3.05, 3.63) is 77.4 Å². The first-order valence-electron chi connectivity index (χ1n) is 8.69. The molecule has 0 aromatic heterocycles. The fourth-order valence-corrected chi connectivity index (χ4v) is 3.97. The second-order valence-electron chi connectivity index (χ2n) is 6.89. The maximum absolute atomic E-state index is 5.79. The highest BCUT2D eigenvalue weighted by molar-refractivity contribution is 7.82. The van der Waals surface area contributed by atoms with Crippen molar-refractivity contribution in [2.45, 2.75) is 32.1 Å². The molecule has 0 spiro atoms. The summed E-state index contributed by atoms with van der Waals surface area (Å²) in [5, 5.41) is 0. The summed E-state index contributed by atoms with van der Waals surface area (Å²) in [4.78, 5) is 3.96. The van der Waals surface area contributed by atoms with Crippen molar-refractivity contribution in [3.8, 4) is 0 Å². The van der Waals surface area contributed by atoms with Crippen molar-refractivity contribution < 1.29 is 0 Å². The summed E-state index contributed by atoms with van der Waals surface area (Å²) in [6.07, 6.45) is 6.44. The van der Waals surface area contributed by atoms with E-state index in [4.69, 9.17) is 24.4 Å². The van der Waals surface area contributed by atoms with E-state index in [1.54, 1.807) is 0 Å². The molecule has 0 unspecified atom stereocenters. The molecule has 0 saturated heterocycles. The van der Waals surface area contributed by atoms with Gasteiger partial charge in [-0.25, -0.2) is 0 Å². The maximum atomic E-state index is 5.79. The van der Waals surface area contributed by atoms with Crippen molar-refractivity contribution >= 4 is 40.5 Å². The number of benzene rings is 2. The molecule has 1 aliphatic rings. The molecule has 1 aliphatic heterocycles. The SMILES string of the molecule is CC1(C)C(=S)N(CCC/C=C/c2ccccc2)C(=S)c2ccccc21. The van der Waals surface area contributed by atoms with Gasteiger partial charge >= 0.3 is 0 Å². The molecule has 1 nitrogen and oxygen atoms in total. The van der Waals surface area contributed by atoms with Crippen LogP contribution in [0.4, 0.5) is 0 Å². The zero-order valence-electron chi connectivity index (χ0n) is 14.7. The standard InChI is InChI=1S/C22H23NS2/c1-22(2)19-15-9-8-14-18(19)20(24)23(21(22)25)16-10-4-7-13-17-11-5-3-6-12-17/h3,5-9,11-15H,4,10,16H2,1-2H3/b13-7+. The van der Waals surface area contributed by atoms with Gasteiger partial charge in [0.05, 0.1) is 4.99 Å². The Labute approximate surface area is 161 Å². The molecule has 128 valence electrons. The van der Waals surface area contributed by atoms with E-state index in [2.05, 4.69) is 79.4 Å². The Hall–Kier alpha value is -1.84. The zero-order valence-corrected chi connectivity index (χ0v) is 16.4. The Morgan fingerprint density at radius 2 is 1.64 bits per heavy atom. The van der Waals surface area contributed by atoms with Crippen molar-refractivity contribution in [1.82, 2.24) is 4.90 Å². The number of thiocarbonyl (C=S) groups is 2. The van der Waals surface area contributed by atoms with Gasteiger partial charge in [0.25, 0.3) is 0 Å². The molecular formula is C22H23NS2. The maximum Gasteiger partial charge on any atom is 0.114 e. The molecule has 0 fully saturated rings. The van der Waals surface area contributed by atoms with E-state index in [0.29, 0.717) is 0 Å². The van der Waals surface area contributed by atoms with E-state index in [0.717, 1.165) is 34.9 Å². The lowest BCUT2D eigenvalue weighted by molar-refractivity contribution is 0.528. The van der Waals surface area contributed by atoms with Crippen LogP contribution in [0.1, 0.15) is 43.4 Å². The minimum Gasteiger partial charge on any atom is -0.326 e. The van der Waals surface area contributed by atoms with Crippen molar-refractivity contribution in [2.24, 2.45) is 0 Å². The largest absolute Gasteiger partial charge is 0.326 e. The van der Waals surface area contributed by atoms with Gasteiger partial charge in [-0.2, -0.15) is 0 Å². The molecule has 0 radical (unpaired) electrons. The third-order valence-corrected chi connectivity index (χ3v) is 5.89. The lowest BCUT2D eigenvalue weighted by atomic mass is 9.78. The normalized spacial score (nSPS) is 16.3. The molecule has 0 N–H and O–H groups in total. The number of unbranched alkanes of at least 4 members (excludes halogenated alkanes) is 1. The summed E-state index contributed by atoms with van der Waals surface area (Å²) in [5.41, 5.74) is 3.47. The molecule has 2 aromatic rings. The van der Waals surface area contributed by atoms with Gasteiger partial charge < -0.3 is 4.90 Å². The Bertz CT molecular complexity index is 806. The number of allylic oxidation sites excluding steroid dienone is 1. The predicted molar refractivity (Wildman–Crippen MR) is 115 cm³/mol. The zero-order chi connectivity index (χ0) is 17.9. The summed E-state index contributed by atoms with van der Waals surface area (Å²) >= 11 is 11.5. The predicted octanol–water partition coefficient (Wildman–Crippen LogP) is 5.78. The lowest BCUT2D eigenvalue weighted by Crippen LogP contribution is -2.50. The summed E-state index contributed by atoms with van der Waals surface area (Å²) in [6.45, 7) is 5.26. The van der Waals surface area contributed by atoms with E-state index in [-0.39, 0.29) is 5.41 Å². The quantitative estimate of drug-likeness (QED) is 0.489. The molecule has 3 rings (SSSR count). The van der Waals surface area contributed by atoms with E-state index in [1.165, 1.54) is 11.1 Å². The summed E-state index contributed by atoms with van der Waals surface area (Å²) < 4.78 is 0. The van der Waals surface area contributed by atoms with Gasteiger partial charge in [-0.3, -0.25) is 0 Å². The van der Waals surface area contributed by atoms with Crippen LogP contribution >= 0.6 is 24.4 Å². The number of hydrogen-bond acceptors (Lipinski definition) is 2. The van der Waals surface area contributed by atoms with Gasteiger partial charge in [-0.1, -0.05) is 91.2 Å². The Morgan fingerprint density at radius 3 is 2.40 bits per heavy atom. The topological polar surface area (TPSA) is 3.24 Å². The van der Waals surface area contributed by atoms with Gasteiger partial charge in [0.1, 0.15) is 4.99 Å². The van der Waals surface area contributed by atoms with Crippen LogP contribution in [0, 0.1) is 0 Å². The highest BCUT2D eigenvalue weighted by atomic mass is 32.1. The average Bonchev–Trinajstić information content (AvgIpc) is 2.63. The van der Waals surface area contributed by atoms with Gasteiger partial charge in [0.2, 0.25) is 0 Å². The van der Waals surface area contributed by atoms with Gasteiger partial charge in [0.15, 0.2) is 0 Å². The minimum atomic E-state index is -0.159. The first kappa shape index (κ1) is 18.0. The lowest BCUT2D eigenvalue weighted by Gasteiger charge is -2.42. The number of hydrogen-bond donors (Lipinski definition) is 0. The molecule has 0 bridgehead atoms. The molecule has 1 heterocycles. The molecule has 0 atom stereocenters. The molecule has 0 amide bonds. The van der Waals surface area contributed by atoms with Crippen LogP contribution in [0.25, 0.3) is 6.08 Å². The van der Waals surface area contributed by atoms with Crippen molar-refractivity contribution in [3.63, 3.8) is 0 Å². The Balaban J connectivity index is 1.66. The fraction of sp³-hybridized carbons (Fsp3) is 0.273. The second-order valence-corrected chi connectivity index (χ2v) is 7.66. The van der Waals surface area contributed by atoms with Crippen LogP contribution < -0.4 is 0 Å². The summed E-state index contributed by atoms with van der Waals surface area (Å²) in [5.74, 6) is 0. The van der Waals surface area contributed by atoms with E-state index < -0.39 is 0 Å². The van der Waals surface area contributed by atoms with E-state index >= 15 is 0 Å². The smallest absolute Gasteiger partial charge is 0.114 e. The molecular weight excluding hydrogens is 342 g/mol. The second kappa shape index (κ2) is 7.59. The van der Waals surface area contributed by atoms with Crippen molar-refractivity contribution in [2.75, 3.05) is 6.54 Å². The first-order chi connectivity index (χ1) is 12.0. The Morgan fingerprint density at radius 1 is 0.960 bits per heavy atom. The van der Waals surface area contributed by atoms with E-state index in [1.807, 2.05) is 6.07 Å². The number of nitrogens with zero attached hydrogens (tertiary/aromatic N) is 1. The Kier molecular flexibility index (Phi) is 5.45. The minimum absolute atomic E-state index is 0.159. The van der Waals surface area contributed by atoms with Gasteiger partial charge in [-0.15, -0.1) is 0 Å². The summed E-state index contributed by atoms with van der Waals surface area (Å²) in [7, 11) is 0. The third-order valence-electron chi connectivity index (χ3n) is 4.72. The van der Waals surface area contributed by atoms with Crippen LogP contribution in [-0.2, 0) is 5.41 Å². The molecule has 2 aromatic carbocycles. The average molecular weight is 366 g/mol. The van der Waals surface area contributed by atoms with Crippen molar-refractivity contribution in [1.29, 1.82) is 0 Å². The molecule has 25 heavy (non-hydrogen) atoms. The van der Waals surface area contributed by atoms with Crippen LogP contribution in [0.2, 0.25) is 0 Å². The molecule has 0 aliphatic carbocycles. The highest BCUT2D eigenvalue weighted by Crippen LogP contribution is 2.35. The first-order valence-corrected chi connectivity index (χ1v) is 9.51. The molecule has 3 heteroatoms. The van der Waals surface area contributed by atoms with Crippen LogP contribution in [0.3, 0.4) is 0 Å². The van der Waals surface area contributed by atoms with Gasteiger partial charge in [0, 0.05) is 17.5 Å². The number of rotatable bonds is 5. The monoisotopic (exact) mass is 365 g/mol. The van der Waals surface area contributed by atoms with E-state index in [9.17, 15) is 0 Å². The van der Waals surface area contributed by atoms with Gasteiger partial charge in [-0.05, 0) is 37.8 Å². The number of fused-ring (bicyclic) bond motifs is 1. The third kappa shape index (κ3) is 3.73. The molecule has 0 saturated carbocycles. The highest BCUT2D eigenvalue weighted by Gasteiger charge is 2.38.